The molecular formula is C19H27N5O2. The van der Waals surface area contributed by atoms with Gasteiger partial charge in [0.25, 0.3) is 5.89 Å². The van der Waals surface area contributed by atoms with Gasteiger partial charge in [-0.05, 0) is 37.8 Å². The van der Waals surface area contributed by atoms with Crippen molar-refractivity contribution in [2.24, 2.45) is 11.3 Å². The lowest BCUT2D eigenvalue weighted by atomic mass is 9.94. The van der Waals surface area contributed by atoms with Crippen molar-refractivity contribution in [3.05, 3.63) is 24.2 Å². The molecule has 1 saturated heterocycles. The Balaban J connectivity index is 1.71. The first kappa shape index (κ1) is 18.4. The van der Waals surface area contributed by atoms with Crippen LogP contribution in [0.5, 0.6) is 0 Å². The Morgan fingerprint density at radius 1 is 1.42 bits per heavy atom. The first-order valence-electron chi connectivity index (χ1n) is 9.13. The zero-order valence-corrected chi connectivity index (χ0v) is 16.0. The van der Waals surface area contributed by atoms with Gasteiger partial charge in [-0.3, -0.25) is 4.79 Å². The van der Waals surface area contributed by atoms with Gasteiger partial charge in [-0.1, -0.05) is 25.9 Å². The van der Waals surface area contributed by atoms with E-state index in [-0.39, 0.29) is 11.3 Å². The SMILES string of the molecule is Cc1noc(-c2cccnc2N2CCCC(CNC(=O)C(C)(C)C)C2)n1. The molecule has 3 heterocycles. The number of carbonyl (C=O) groups excluding carboxylic acids is 1. The second-order valence-corrected chi connectivity index (χ2v) is 7.94. The van der Waals surface area contributed by atoms with E-state index in [1.807, 2.05) is 32.9 Å². The van der Waals surface area contributed by atoms with E-state index in [0.717, 1.165) is 37.3 Å². The fourth-order valence-corrected chi connectivity index (χ4v) is 3.15. The van der Waals surface area contributed by atoms with Crippen LogP contribution in [0.1, 0.15) is 39.4 Å². The summed E-state index contributed by atoms with van der Waals surface area (Å²) in [5.41, 5.74) is 0.491. The third-order valence-corrected chi connectivity index (χ3v) is 4.60. The lowest BCUT2D eigenvalue weighted by Gasteiger charge is -2.34. The summed E-state index contributed by atoms with van der Waals surface area (Å²) >= 11 is 0. The number of nitrogens with zero attached hydrogens (tertiary/aromatic N) is 4. The van der Waals surface area contributed by atoms with Gasteiger partial charge in [-0.2, -0.15) is 4.98 Å². The van der Waals surface area contributed by atoms with Gasteiger partial charge < -0.3 is 14.7 Å². The highest BCUT2D eigenvalue weighted by Crippen LogP contribution is 2.30. The van der Waals surface area contributed by atoms with E-state index in [1.165, 1.54) is 0 Å². The number of aryl methyl sites for hydroxylation is 1. The van der Waals surface area contributed by atoms with E-state index in [4.69, 9.17) is 4.52 Å². The summed E-state index contributed by atoms with van der Waals surface area (Å²) in [5.74, 6) is 2.46. The molecule has 140 valence electrons. The van der Waals surface area contributed by atoms with Gasteiger partial charge in [0.15, 0.2) is 5.82 Å². The van der Waals surface area contributed by atoms with Crippen molar-refractivity contribution in [2.75, 3.05) is 24.5 Å². The summed E-state index contributed by atoms with van der Waals surface area (Å²) in [6.07, 6.45) is 3.95. The van der Waals surface area contributed by atoms with Crippen LogP contribution in [0.15, 0.2) is 22.9 Å². The van der Waals surface area contributed by atoms with Crippen molar-refractivity contribution in [1.82, 2.24) is 20.4 Å². The monoisotopic (exact) mass is 357 g/mol. The number of carbonyl (C=O) groups is 1. The summed E-state index contributed by atoms with van der Waals surface area (Å²) in [7, 11) is 0. The third kappa shape index (κ3) is 4.20. The number of aromatic nitrogens is 3. The lowest BCUT2D eigenvalue weighted by molar-refractivity contribution is -0.128. The number of rotatable bonds is 4. The quantitative estimate of drug-likeness (QED) is 0.906. The predicted molar refractivity (Wildman–Crippen MR) is 99.7 cm³/mol. The zero-order valence-electron chi connectivity index (χ0n) is 16.0. The molecule has 0 bridgehead atoms. The van der Waals surface area contributed by atoms with Crippen LogP contribution in [-0.4, -0.2) is 40.7 Å². The van der Waals surface area contributed by atoms with Crippen LogP contribution < -0.4 is 10.2 Å². The number of hydrogen-bond acceptors (Lipinski definition) is 6. The molecular weight excluding hydrogens is 330 g/mol. The number of amides is 1. The van der Waals surface area contributed by atoms with Crippen molar-refractivity contribution < 1.29 is 9.32 Å². The fourth-order valence-electron chi connectivity index (χ4n) is 3.15. The van der Waals surface area contributed by atoms with Crippen molar-refractivity contribution in [3.8, 4) is 11.5 Å². The predicted octanol–water partition coefficient (Wildman–Crippen LogP) is 2.82. The average molecular weight is 357 g/mol. The maximum Gasteiger partial charge on any atom is 0.261 e. The highest BCUT2D eigenvalue weighted by Gasteiger charge is 2.26. The standard InChI is InChI=1S/C19H27N5O2/c1-13-22-17(26-23-13)15-8-5-9-20-16(15)24-10-6-7-14(12-24)11-21-18(25)19(2,3)4/h5,8-9,14H,6-7,10-12H2,1-4H3,(H,21,25). The smallest absolute Gasteiger partial charge is 0.261 e. The molecule has 2 aromatic rings. The molecule has 1 unspecified atom stereocenters. The Hall–Kier alpha value is -2.44. The Kier molecular flexibility index (Phi) is 5.25. The van der Waals surface area contributed by atoms with Crippen molar-refractivity contribution in [1.29, 1.82) is 0 Å². The van der Waals surface area contributed by atoms with E-state index in [1.54, 1.807) is 13.1 Å². The van der Waals surface area contributed by atoms with Gasteiger partial charge in [0.1, 0.15) is 5.82 Å². The molecule has 1 amide bonds. The highest BCUT2D eigenvalue weighted by molar-refractivity contribution is 5.81. The van der Waals surface area contributed by atoms with Crippen molar-refractivity contribution >= 4 is 11.7 Å². The van der Waals surface area contributed by atoms with Gasteiger partial charge >= 0.3 is 0 Å². The molecule has 7 heteroatoms. The van der Waals surface area contributed by atoms with Gasteiger partial charge in [0.05, 0.1) is 5.56 Å². The first-order valence-corrected chi connectivity index (χ1v) is 9.13. The fraction of sp³-hybridized carbons (Fsp3) is 0.579. The zero-order chi connectivity index (χ0) is 18.7. The molecule has 0 aliphatic carbocycles. The molecule has 0 radical (unpaired) electrons. The maximum absolute atomic E-state index is 12.1. The highest BCUT2D eigenvalue weighted by atomic mass is 16.5. The van der Waals surface area contributed by atoms with Crippen LogP contribution in [0.25, 0.3) is 11.5 Å². The largest absolute Gasteiger partial charge is 0.356 e. The van der Waals surface area contributed by atoms with Crippen LogP contribution >= 0.6 is 0 Å². The molecule has 0 spiro atoms. The summed E-state index contributed by atoms with van der Waals surface area (Å²) in [6, 6.07) is 3.84. The Morgan fingerprint density at radius 3 is 2.92 bits per heavy atom. The molecule has 3 rings (SSSR count). The van der Waals surface area contributed by atoms with E-state index in [0.29, 0.717) is 24.2 Å². The molecule has 1 atom stereocenters. The second kappa shape index (κ2) is 7.43. The molecule has 1 aliphatic rings. The summed E-state index contributed by atoms with van der Waals surface area (Å²) in [5, 5.41) is 6.97. The van der Waals surface area contributed by atoms with Gasteiger partial charge in [-0.15, -0.1) is 0 Å². The van der Waals surface area contributed by atoms with Gasteiger partial charge in [-0.25, -0.2) is 4.98 Å². The Labute approximate surface area is 154 Å². The van der Waals surface area contributed by atoms with Crippen molar-refractivity contribution in [2.45, 2.75) is 40.5 Å². The second-order valence-electron chi connectivity index (χ2n) is 7.94. The number of piperidine rings is 1. The van der Waals surface area contributed by atoms with E-state index < -0.39 is 0 Å². The third-order valence-electron chi connectivity index (χ3n) is 4.60. The minimum Gasteiger partial charge on any atom is -0.356 e. The summed E-state index contributed by atoms with van der Waals surface area (Å²) in [4.78, 5) is 23.3. The topological polar surface area (TPSA) is 84.2 Å². The molecule has 0 aromatic carbocycles. The van der Waals surface area contributed by atoms with Crippen LogP contribution in [0, 0.1) is 18.3 Å². The molecule has 1 N–H and O–H groups in total. The maximum atomic E-state index is 12.1. The van der Waals surface area contributed by atoms with E-state index in [2.05, 4.69) is 25.3 Å². The normalized spacial score (nSPS) is 18.0. The van der Waals surface area contributed by atoms with Crippen LogP contribution in [-0.2, 0) is 4.79 Å². The van der Waals surface area contributed by atoms with E-state index >= 15 is 0 Å². The van der Waals surface area contributed by atoms with Gasteiger partial charge in [0.2, 0.25) is 5.91 Å². The van der Waals surface area contributed by atoms with Crippen LogP contribution in [0.4, 0.5) is 5.82 Å². The number of anilines is 1. The van der Waals surface area contributed by atoms with Crippen molar-refractivity contribution in [3.63, 3.8) is 0 Å². The number of hydrogen-bond donors (Lipinski definition) is 1. The molecule has 0 saturated carbocycles. The molecule has 1 fully saturated rings. The minimum atomic E-state index is -0.363. The molecule has 1 aliphatic heterocycles. The summed E-state index contributed by atoms with van der Waals surface area (Å²) < 4.78 is 5.34. The summed E-state index contributed by atoms with van der Waals surface area (Å²) in [6.45, 7) is 10.1. The van der Waals surface area contributed by atoms with Crippen LogP contribution in [0.3, 0.4) is 0 Å². The van der Waals surface area contributed by atoms with Gasteiger partial charge in [0, 0.05) is 31.2 Å². The average Bonchev–Trinajstić information content (AvgIpc) is 3.05. The van der Waals surface area contributed by atoms with E-state index in [9.17, 15) is 4.79 Å². The first-order chi connectivity index (χ1) is 12.3. The minimum absolute atomic E-state index is 0.0921. The Bertz CT molecular complexity index is 765. The Morgan fingerprint density at radius 2 is 2.23 bits per heavy atom. The molecule has 7 nitrogen and oxygen atoms in total. The van der Waals surface area contributed by atoms with Crippen LogP contribution in [0.2, 0.25) is 0 Å². The molecule has 2 aromatic heterocycles. The molecule has 26 heavy (non-hydrogen) atoms. The number of nitrogens with one attached hydrogen (secondary N) is 1. The lowest BCUT2D eigenvalue weighted by Crippen LogP contribution is -2.43. The number of pyridine rings is 1.